The highest BCUT2D eigenvalue weighted by Crippen LogP contribution is 2.18. The number of carbonyl (C=O) groups excluding carboxylic acids is 1. The van der Waals surface area contributed by atoms with Crippen LogP contribution in [-0.2, 0) is 11.3 Å². The summed E-state index contributed by atoms with van der Waals surface area (Å²) in [6.07, 6.45) is 0. The Hall–Kier alpha value is -2.08. The minimum atomic E-state index is -0.00203. The molecule has 1 amide bonds. The number of hydrogen-bond acceptors (Lipinski definition) is 4. The van der Waals surface area contributed by atoms with Gasteiger partial charge in [0, 0.05) is 49.5 Å². The molecule has 5 nitrogen and oxygen atoms in total. The van der Waals surface area contributed by atoms with E-state index < -0.39 is 0 Å². The number of hydrogen-bond donors (Lipinski definition) is 1. The maximum Gasteiger partial charge on any atom is 0.238 e. The average molecular weight is 374 g/mol. The summed E-state index contributed by atoms with van der Waals surface area (Å²) in [5.74, 6) is 0.730. The molecule has 0 bridgehead atoms. The Morgan fingerprint density at radius 3 is 2.54 bits per heavy atom. The van der Waals surface area contributed by atoms with Crippen LogP contribution in [0.1, 0.15) is 5.56 Å². The summed E-state index contributed by atoms with van der Waals surface area (Å²) >= 11 is 6.24. The third-order valence-electron chi connectivity index (χ3n) is 4.54. The number of halogens is 1. The molecule has 1 heterocycles. The first-order chi connectivity index (χ1) is 12.6. The number of methoxy groups -OCH3 is 1. The Morgan fingerprint density at radius 1 is 1.08 bits per heavy atom. The van der Waals surface area contributed by atoms with E-state index in [1.807, 2.05) is 42.5 Å². The van der Waals surface area contributed by atoms with E-state index in [0.717, 1.165) is 54.7 Å². The van der Waals surface area contributed by atoms with E-state index in [1.165, 1.54) is 0 Å². The van der Waals surface area contributed by atoms with Crippen molar-refractivity contribution in [3.63, 3.8) is 0 Å². The number of benzene rings is 2. The topological polar surface area (TPSA) is 44.8 Å². The largest absolute Gasteiger partial charge is 0.497 e. The van der Waals surface area contributed by atoms with E-state index in [-0.39, 0.29) is 5.91 Å². The Balaban J connectivity index is 1.44. The Kier molecular flexibility index (Phi) is 6.50. The lowest BCUT2D eigenvalue weighted by Crippen LogP contribution is -2.48. The fraction of sp³-hybridized carbons (Fsp3) is 0.350. The number of ether oxygens (including phenoxy) is 1. The van der Waals surface area contributed by atoms with E-state index >= 15 is 0 Å². The fourth-order valence-corrected chi connectivity index (χ4v) is 3.27. The van der Waals surface area contributed by atoms with Crippen molar-refractivity contribution in [2.24, 2.45) is 0 Å². The highest BCUT2D eigenvalue weighted by atomic mass is 35.5. The lowest BCUT2D eigenvalue weighted by Gasteiger charge is -2.34. The Labute approximate surface area is 159 Å². The van der Waals surface area contributed by atoms with Crippen molar-refractivity contribution in [3.05, 3.63) is 59.1 Å². The molecule has 26 heavy (non-hydrogen) atoms. The molecule has 1 saturated heterocycles. The van der Waals surface area contributed by atoms with Gasteiger partial charge in [0.1, 0.15) is 5.75 Å². The van der Waals surface area contributed by atoms with Crippen LogP contribution in [0.25, 0.3) is 0 Å². The van der Waals surface area contributed by atoms with Gasteiger partial charge in [0.05, 0.1) is 13.7 Å². The van der Waals surface area contributed by atoms with Crippen molar-refractivity contribution >= 4 is 23.2 Å². The van der Waals surface area contributed by atoms with Crippen molar-refractivity contribution in [3.8, 4) is 5.75 Å². The molecule has 2 aromatic rings. The average Bonchev–Trinajstić information content (AvgIpc) is 2.65. The molecule has 1 aliphatic heterocycles. The summed E-state index contributed by atoms with van der Waals surface area (Å²) in [5.41, 5.74) is 1.91. The number of rotatable bonds is 6. The smallest absolute Gasteiger partial charge is 0.238 e. The van der Waals surface area contributed by atoms with E-state index in [2.05, 4.69) is 21.2 Å². The second-order valence-electron chi connectivity index (χ2n) is 6.42. The number of nitrogens with one attached hydrogen (secondary N) is 1. The van der Waals surface area contributed by atoms with E-state index in [1.54, 1.807) is 7.11 Å². The molecule has 0 unspecified atom stereocenters. The summed E-state index contributed by atoms with van der Waals surface area (Å²) in [4.78, 5) is 16.8. The molecule has 0 radical (unpaired) electrons. The van der Waals surface area contributed by atoms with Crippen molar-refractivity contribution in [2.45, 2.75) is 6.54 Å². The zero-order valence-corrected chi connectivity index (χ0v) is 15.7. The summed E-state index contributed by atoms with van der Waals surface area (Å²) in [6, 6.07) is 15.4. The first kappa shape index (κ1) is 18.7. The summed E-state index contributed by atoms with van der Waals surface area (Å²) in [6.45, 7) is 4.85. The quantitative estimate of drug-likeness (QED) is 0.845. The highest BCUT2D eigenvalue weighted by Gasteiger charge is 2.19. The van der Waals surface area contributed by atoms with Gasteiger partial charge >= 0.3 is 0 Å². The van der Waals surface area contributed by atoms with Crippen LogP contribution in [0.15, 0.2) is 48.5 Å². The van der Waals surface area contributed by atoms with Crippen LogP contribution in [0.5, 0.6) is 5.75 Å². The van der Waals surface area contributed by atoms with E-state index in [9.17, 15) is 4.79 Å². The van der Waals surface area contributed by atoms with Crippen LogP contribution in [0.4, 0.5) is 5.69 Å². The van der Waals surface area contributed by atoms with Gasteiger partial charge in [-0.15, -0.1) is 0 Å². The van der Waals surface area contributed by atoms with Gasteiger partial charge < -0.3 is 10.1 Å². The van der Waals surface area contributed by atoms with Crippen molar-refractivity contribution in [1.29, 1.82) is 0 Å². The van der Waals surface area contributed by atoms with Gasteiger partial charge in [0.25, 0.3) is 0 Å². The maximum atomic E-state index is 12.3. The zero-order chi connectivity index (χ0) is 18.4. The summed E-state index contributed by atoms with van der Waals surface area (Å²) in [5, 5.41) is 3.74. The molecule has 0 atom stereocenters. The van der Waals surface area contributed by atoms with Gasteiger partial charge in [-0.2, -0.15) is 0 Å². The molecule has 0 saturated carbocycles. The second-order valence-corrected chi connectivity index (χ2v) is 6.83. The second kappa shape index (κ2) is 9.03. The van der Waals surface area contributed by atoms with E-state index in [0.29, 0.717) is 6.54 Å². The SMILES string of the molecule is COc1cccc(NC(=O)CN2CCN(Cc3ccccc3Cl)CC2)c1. The normalized spacial score (nSPS) is 15.6. The lowest BCUT2D eigenvalue weighted by atomic mass is 10.2. The molecular formula is C20H24ClN3O2. The molecule has 0 aliphatic carbocycles. The molecular weight excluding hydrogens is 350 g/mol. The fourth-order valence-electron chi connectivity index (χ4n) is 3.08. The van der Waals surface area contributed by atoms with Gasteiger partial charge in [-0.05, 0) is 23.8 Å². The molecule has 0 aromatic heterocycles. The van der Waals surface area contributed by atoms with Gasteiger partial charge in [0.2, 0.25) is 5.91 Å². The number of amides is 1. The van der Waals surface area contributed by atoms with Crippen LogP contribution in [0.3, 0.4) is 0 Å². The maximum absolute atomic E-state index is 12.3. The van der Waals surface area contributed by atoms with Crippen molar-refractivity contribution in [2.75, 3.05) is 45.2 Å². The first-order valence-electron chi connectivity index (χ1n) is 8.76. The summed E-state index contributed by atoms with van der Waals surface area (Å²) in [7, 11) is 1.61. The third-order valence-corrected chi connectivity index (χ3v) is 4.91. The van der Waals surface area contributed by atoms with Gasteiger partial charge in [0.15, 0.2) is 0 Å². The predicted octanol–water partition coefficient (Wildman–Crippen LogP) is 3.10. The lowest BCUT2D eigenvalue weighted by molar-refractivity contribution is -0.117. The predicted molar refractivity (Wildman–Crippen MR) is 105 cm³/mol. The molecule has 1 N–H and O–H groups in total. The zero-order valence-electron chi connectivity index (χ0n) is 15.0. The van der Waals surface area contributed by atoms with Gasteiger partial charge in [-0.25, -0.2) is 0 Å². The highest BCUT2D eigenvalue weighted by molar-refractivity contribution is 6.31. The van der Waals surface area contributed by atoms with Gasteiger partial charge in [-0.3, -0.25) is 14.6 Å². The van der Waals surface area contributed by atoms with Crippen LogP contribution < -0.4 is 10.1 Å². The Morgan fingerprint density at radius 2 is 1.81 bits per heavy atom. The number of nitrogens with zero attached hydrogens (tertiary/aromatic N) is 2. The standard InChI is InChI=1S/C20H24ClN3O2/c1-26-18-7-4-6-17(13-18)22-20(25)15-24-11-9-23(10-12-24)14-16-5-2-3-8-19(16)21/h2-8,13H,9-12,14-15H2,1H3,(H,22,25). The number of anilines is 1. The van der Waals surface area contributed by atoms with Crippen LogP contribution >= 0.6 is 11.6 Å². The minimum absolute atomic E-state index is 0.00203. The molecule has 6 heteroatoms. The third kappa shape index (κ3) is 5.21. The first-order valence-corrected chi connectivity index (χ1v) is 9.14. The van der Waals surface area contributed by atoms with Gasteiger partial charge in [-0.1, -0.05) is 35.9 Å². The molecule has 1 aliphatic rings. The molecule has 138 valence electrons. The van der Waals surface area contributed by atoms with Crippen LogP contribution in [0.2, 0.25) is 5.02 Å². The minimum Gasteiger partial charge on any atom is -0.497 e. The van der Waals surface area contributed by atoms with Crippen LogP contribution in [-0.4, -0.2) is 55.5 Å². The van der Waals surface area contributed by atoms with Crippen molar-refractivity contribution < 1.29 is 9.53 Å². The monoisotopic (exact) mass is 373 g/mol. The number of piperazine rings is 1. The molecule has 2 aromatic carbocycles. The van der Waals surface area contributed by atoms with Crippen LogP contribution in [0, 0.1) is 0 Å². The van der Waals surface area contributed by atoms with E-state index in [4.69, 9.17) is 16.3 Å². The molecule has 3 rings (SSSR count). The summed E-state index contributed by atoms with van der Waals surface area (Å²) < 4.78 is 5.18. The molecule has 1 fully saturated rings. The molecule has 0 spiro atoms. The number of carbonyl (C=O) groups is 1. The Bertz CT molecular complexity index is 745. The van der Waals surface area contributed by atoms with Crippen molar-refractivity contribution in [1.82, 2.24) is 9.80 Å².